The summed E-state index contributed by atoms with van der Waals surface area (Å²) in [4.78, 5) is 0. The molecule has 1 aromatic carbocycles. The lowest BCUT2D eigenvalue weighted by Crippen LogP contribution is -1.91. The summed E-state index contributed by atoms with van der Waals surface area (Å²) in [5.41, 5.74) is 6.44. The van der Waals surface area contributed by atoms with Crippen LogP contribution in [0.25, 0.3) is 6.08 Å². The Morgan fingerprint density at radius 3 is 2.86 bits per heavy atom. The summed E-state index contributed by atoms with van der Waals surface area (Å²) in [5, 5.41) is 3.16. The molecule has 1 N–H and O–H groups in total. The molecule has 0 amide bonds. The molecule has 14 heavy (non-hydrogen) atoms. The van der Waals surface area contributed by atoms with Crippen molar-refractivity contribution in [2.24, 2.45) is 0 Å². The van der Waals surface area contributed by atoms with E-state index < -0.39 is 0 Å². The number of hydrogen-bond acceptors (Lipinski definition) is 1. The second kappa shape index (κ2) is 3.33. The van der Waals surface area contributed by atoms with Crippen molar-refractivity contribution in [3.8, 4) is 0 Å². The highest BCUT2D eigenvalue weighted by Gasteiger charge is 2.12. The highest BCUT2D eigenvalue weighted by atomic mass is 14.8. The van der Waals surface area contributed by atoms with Crippen LogP contribution in [-0.2, 0) is 6.42 Å². The number of benzene rings is 1. The molecule has 1 heteroatoms. The van der Waals surface area contributed by atoms with Crippen molar-refractivity contribution in [2.45, 2.75) is 13.3 Å². The first-order valence-corrected chi connectivity index (χ1v) is 4.88. The van der Waals surface area contributed by atoms with E-state index in [0.717, 1.165) is 6.42 Å². The Balaban J connectivity index is 2.35. The fourth-order valence-electron chi connectivity index (χ4n) is 1.77. The Bertz CT molecular complexity index is 413. The van der Waals surface area contributed by atoms with Gasteiger partial charge in [-0.1, -0.05) is 24.3 Å². The molecule has 0 unspecified atom stereocenters. The predicted octanol–water partition coefficient (Wildman–Crippen LogP) is 3.24. The summed E-state index contributed by atoms with van der Waals surface area (Å²) in [6.07, 6.45) is 3.26. The minimum absolute atomic E-state index is 1.03. The molecule has 1 nitrogen and oxygen atoms in total. The Kier molecular flexibility index (Phi) is 2.16. The van der Waals surface area contributed by atoms with Crippen LogP contribution >= 0.6 is 0 Å². The molecule has 0 aliphatic heterocycles. The summed E-state index contributed by atoms with van der Waals surface area (Å²) < 4.78 is 0. The summed E-state index contributed by atoms with van der Waals surface area (Å²) >= 11 is 0. The van der Waals surface area contributed by atoms with E-state index in [4.69, 9.17) is 0 Å². The summed E-state index contributed by atoms with van der Waals surface area (Å²) in [5.74, 6) is 0. The summed E-state index contributed by atoms with van der Waals surface area (Å²) in [7, 11) is 1.95. The molecular weight excluding hydrogens is 170 g/mol. The van der Waals surface area contributed by atoms with Gasteiger partial charge in [0, 0.05) is 12.7 Å². The van der Waals surface area contributed by atoms with E-state index in [-0.39, 0.29) is 0 Å². The molecule has 2 rings (SSSR count). The van der Waals surface area contributed by atoms with Crippen molar-refractivity contribution in [3.63, 3.8) is 0 Å². The van der Waals surface area contributed by atoms with E-state index >= 15 is 0 Å². The zero-order chi connectivity index (χ0) is 10.1. The quantitative estimate of drug-likeness (QED) is 0.745. The van der Waals surface area contributed by atoms with Crippen LogP contribution in [0.4, 0.5) is 5.69 Å². The topological polar surface area (TPSA) is 12.0 Å². The predicted molar refractivity (Wildman–Crippen MR) is 62.5 cm³/mol. The van der Waals surface area contributed by atoms with Gasteiger partial charge in [-0.15, -0.1) is 0 Å². The van der Waals surface area contributed by atoms with E-state index in [1.807, 2.05) is 7.05 Å². The number of nitrogens with one attached hydrogen (secondary N) is 1. The second-order valence-electron chi connectivity index (χ2n) is 3.79. The molecule has 0 radical (unpaired) electrons. The van der Waals surface area contributed by atoms with Crippen LogP contribution in [0, 0.1) is 0 Å². The van der Waals surface area contributed by atoms with Gasteiger partial charge >= 0.3 is 0 Å². The van der Waals surface area contributed by atoms with Gasteiger partial charge in [-0.3, -0.25) is 0 Å². The Morgan fingerprint density at radius 1 is 1.43 bits per heavy atom. The van der Waals surface area contributed by atoms with Gasteiger partial charge in [0.15, 0.2) is 0 Å². The average Bonchev–Trinajstić information content (AvgIpc) is 2.59. The van der Waals surface area contributed by atoms with Crippen molar-refractivity contribution in [3.05, 3.63) is 47.1 Å². The van der Waals surface area contributed by atoms with E-state index in [1.165, 1.54) is 28.0 Å². The number of allylic oxidation sites excluding steroid dienone is 2. The molecule has 0 heterocycles. The fourth-order valence-corrected chi connectivity index (χ4v) is 1.77. The standard InChI is InChI=1S/C13H15N/c1-9(2)11-6-10-4-5-13(14-3)8-12(10)7-11/h4-6,8,14H,1,7H2,2-3H3. The first-order valence-electron chi connectivity index (χ1n) is 4.88. The average molecular weight is 185 g/mol. The van der Waals surface area contributed by atoms with Crippen LogP contribution < -0.4 is 5.32 Å². The third kappa shape index (κ3) is 1.46. The minimum atomic E-state index is 1.03. The van der Waals surface area contributed by atoms with Crippen LogP contribution in [0.15, 0.2) is 35.9 Å². The van der Waals surface area contributed by atoms with E-state index in [2.05, 4.69) is 43.1 Å². The van der Waals surface area contributed by atoms with Gasteiger partial charge < -0.3 is 5.32 Å². The maximum Gasteiger partial charge on any atom is 0.0340 e. The van der Waals surface area contributed by atoms with Gasteiger partial charge in [0.05, 0.1) is 0 Å². The van der Waals surface area contributed by atoms with Gasteiger partial charge in [0.2, 0.25) is 0 Å². The second-order valence-corrected chi connectivity index (χ2v) is 3.79. The highest BCUT2D eigenvalue weighted by Crippen LogP contribution is 2.30. The molecule has 0 saturated carbocycles. The third-order valence-electron chi connectivity index (χ3n) is 2.69. The highest BCUT2D eigenvalue weighted by molar-refractivity contribution is 5.70. The molecule has 72 valence electrons. The molecule has 0 aromatic heterocycles. The largest absolute Gasteiger partial charge is 0.388 e. The number of fused-ring (bicyclic) bond motifs is 1. The molecule has 0 saturated heterocycles. The third-order valence-corrected chi connectivity index (χ3v) is 2.69. The Labute approximate surface area is 85.2 Å². The van der Waals surface area contributed by atoms with E-state index in [9.17, 15) is 0 Å². The Hall–Kier alpha value is -1.50. The van der Waals surface area contributed by atoms with Gasteiger partial charge in [0.25, 0.3) is 0 Å². The lowest BCUT2D eigenvalue weighted by Gasteiger charge is -2.03. The monoisotopic (exact) mass is 185 g/mol. The molecule has 1 aromatic rings. The summed E-state index contributed by atoms with van der Waals surface area (Å²) in [6, 6.07) is 6.48. The lowest BCUT2D eigenvalue weighted by atomic mass is 10.1. The fraction of sp³-hybridized carbons (Fsp3) is 0.231. The smallest absolute Gasteiger partial charge is 0.0340 e. The Morgan fingerprint density at radius 2 is 2.21 bits per heavy atom. The van der Waals surface area contributed by atoms with Gasteiger partial charge in [0.1, 0.15) is 0 Å². The van der Waals surface area contributed by atoms with Crippen molar-refractivity contribution in [1.29, 1.82) is 0 Å². The molecule has 0 fully saturated rings. The lowest BCUT2D eigenvalue weighted by molar-refractivity contribution is 1.20. The van der Waals surface area contributed by atoms with Crippen LogP contribution in [0.2, 0.25) is 0 Å². The molecule has 0 atom stereocenters. The van der Waals surface area contributed by atoms with Gasteiger partial charge in [-0.25, -0.2) is 0 Å². The molecule has 1 aliphatic rings. The molecule has 1 aliphatic carbocycles. The number of anilines is 1. The zero-order valence-electron chi connectivity index (χ0n) is 8.72. The first kappa shape index (κ1) is 9.07. The maximum atomic E-state index is 3.98. The van der Waals surface area contributed by atoms with Crippen LogP contribution in [-0.4, -0.2) is 7.05 Å². The summed E-state index contributed by atoms with van der Waals surface area (Å²) in [6.45, 7) is 6.05. The number of hydrogen-bond donors (Lipinski definition) is 1. The van der Waals surface area contributed by atoms with Crippen LogP contribution in [0.1, 0.15) is 18.1 Å². The van der Waals surface area contributed by atoms with Crippen LogP contribution in [0.3, 0.4) is 0 Å². The van der Waals surface area contributed by atoms with Crippen molar-refractivity contribution in [2.75, 3.05) is 12.4 Å². The minimum Gasteiger partial charge on any atom is -0.388 e. The normalized spacial score (nSPS) is 13.4. The first-order chi connectivity index (χ1) is 6.70. The van der Waals surface area contributed by atoms with E-state index in [1.54, 1.807) is 0 Å². The van der Waals surface area contributed by atoms with Crippen molar-refractivity contribution < 1.29 is 0 Å². The van der Waals surface area contributed by atoms with Gasteiger partial charge in [-0.2, -0.15) is 0 Å². The molecule has 0 bridgehead atoms. The zero-order valence-corrected chi connectivity index (χ0v) is 8.72. The molecular formula is C13H15N. The maximum absolute atomic E-state index is 3.98. The van der Waals surface area contributed by atoms with Crippen LogP contribution in [0.5, 0.6) is 0 Å². The molecule has 0 spiro atoms. The van der Waals surface area contributed by atoms with Crippen molar-refractivity contribution >= 4 is 11.8 Å². The SMILES string of the molecule is C=C(C)C1=Cc2ccc(NC)cc2C1. The van der Waals surface area contributed by atoms with E-state index in [0.29, 0.717) is 0 Å². The number of rotatable bonds is 2. The van der Waals surface area contributed by atoms with Gasteiger partial charge in [-0.05, 0) is 42.2 Å². The van der Waals surface area contributed by atoms with Crippen molar-refractivity contribution in [1.82, 2.24) is 0 Å².